The number of rotatable bonds is 5. The molecule has 4 heterocycles. The number of aromatic nitrogens is 7. The van der Waals surface area contributed by atoms with Crippen molar-refractivity contribution in [1.29, 1.82) is 0 Å². The van der Waals surface area contributed by atoms with E-state index >= 15 is 0 Å². The first-order valence-corrected chi connectivity index (χ1v) is 11.8. The second kappa shape index (κ2) is 8.69. The predicted octanol–water partition coefficient (Wildman–Crippen LogP) is 3.40. The number of likely N-dealkylation sites (tertiary alicyclic amines) is 1. The minimum atomic E-state index is -0.0613. The molecule has 5 rings (SSSR count). The number of methoxy groups -OCH3 is 1. The van der Waals surface area contributed by atoms with Gasteiger partial charge in [0.1, 0.15) is 10.7 Å². The molecule has 1 aliphatic heterocycles. The highest BCUT2D eigenvalue weighted by Crippen LogP contribution is 2.39. The van der Waals surface area contributed by atoms with Gasteiger partial charge in [-0.15, -0.1) is 5.10 Å². The molecule has 10 nitrogen and oxygen atoms in total. The van der Waals surface area contributed by atoms with Crippen molar-refractivity contribution >= 4 is 57.3 Å². The molecule has 0 saturated carbocycles. The molecule has 4 aromatic rings. The largest absolute Gasteiger partial charge is 0.486 e. The molecule has 3 aromatic heterocycles. The Kier molecular flexibility index (Phi) is 5.90. The van der Waals surface area contributed by atoms with Crippen LogP contribution in [0.5, 0.6) is 5.19 Å². The van der Waals surface area contributed by atoms with Crippen molar-refractivity contribution in [2.75, 3.05) is 27.2 Å². The predicted molar refractivity (Wildman–Crippen MR) is 122 cm³/mol. The van der Waals surface area contributed by atoms with Crippen LogP contribution < -0.4 is 0 Å². The SMILES string of the molecule is CO[C@H]1CN(C)C[C@@H]1n1nnnc1Sc1nc2cc(Cl)c(Cl)cc2nc1-c1cnc(O)s1. The van der Waals surface area contributed by atoms with Gasteiger partial charge in [-0.3, -0.25) is 0 Å². The average Bonchev–Trinajstić information content (AvgIpc) is 3.48. The lowest BCUT2D eigenvalue weighted by atomic mass is 10.2. The van der Waals surface area contributed by atoms with Crippen molar-refractivity contribution in [1.82, 2.24) is 40.1 Å². The van der Waals surface area contributed by atoms with Crippen molar-refractivity contribution in [3.05, 3.63) is 28.4 Å². The summed E-state index contributed by atoms with van der Waals surface area (Å²) in [4.78, 5) is 16.3. The van der Waals surface area contributed by atoms with Crippen molar-refractivity contribution in [2.45, 2.75) is 22.3 Å². The summed E-state index contributed by atoms with van der Waals surface area (Å²) in [7, 11) is 3.72. The summed E-state index contributed by atoms with van der Waals surface area (Å²) < 4.78 is 7.41. The lowest BCUT2D eigenvalue weighted by molar-refractivity contribution is 0.0759. The Morgan fingerprint density at radius 2 is 1.94 bits per heavy atom. The fraction of sp³-hybridized carbons (Fsp3) is 0.333. The average molecular weight is 511 g/mol. The monoisotopic (exact) mass is 510 g/mol. The van der Waals surface area contributed by atoms with Gasteiger partial charge in [-0.25, -0.2) is 19.6 Å². The number of likely N-dealkylation sites (N-methyl/N-ethyl adjacent to an activating group) is 1. The molecule has 1 N–H and O–H groups in total. The van der Waals surface area contributed by atoms with E-state index in [-0.39, 0.29) is 17.3 Å². The van der Waals surface area contributed by atoms with Crippen LogP contribution in [0.25, 0.3) is 21.6 Å². The Balaban J connectivity index is 1.60. The van der Waals surface area contributed by atoms with Gasteiger partial charge in [0.25, 0.3) is 5.19 Å². The van der Waals surface area contributed by atoms with Gasteiger partial charge in [0, 0.05) is 20.2 Å². The van der Waals surface area contributed by atoms with Crippen LogP contribution in [0.2, 0.25) is 10.0 Å². The van der Waals surface area contributed by atoms with Crippen LogP contribution in [0, 0.1) is 0 Å². The van der Waals surface area contributed by atoms with Crippen LogP contribution in [0.1, 0.15) is 6.04 Å². The normalized spacial score (nSPS) is 19.2. The molecule has 0 radical (unpaired) electrons. The molecule has 32 heavy (non-hydrogen) atoms. The minimum absolute atomic E-state index is 0.0376. The number of benzene rings is 1. The first-order valence-electron chi connectivity index (χ1n) is 9.42. The zero-order chi connectivity index (χ0) is 22.4. The topological polar surface area (TPSA) is 115 Å². The summed E-state index contributed by atoms with van der Waals surface area (Å²) in [5.41, 5.74) is 1.69. The molecule has 0 amide bonds. The van der Waals surface area contributed by atoms with Crippen LogP contribution in [-0.4, -0.2) is 78.5 Å². The fourth-order valence-corrected chi connectivity index (χ4v) is 5.53. The molecule has 1 aliphatic rings. The van der Waals surface area contributed by atoms with Crippen LogP contribution in [0.15, 0.2) is 28.5 Å². The van der Waals surface area contributed by atoms with Crippen molar-refractivity contribution in [3.8, 4) is 15.8 Å². The van der Waals surface area contributed by atoms with Gasteiger partial charge >= 0.3 is 0 Å². The number of thiazole rings is 1. The Labute approximate surface area is 200 Å². The summed E-state index contributed by atoms with van der Waals surface area (Å²) in [5.74, 6) is 0. The number of hydrogen-bond donors (Lipinski definition) is 1. The van der Waals surface area contributed by atoms with Gasteiger partial charge in [0.15, 0.2) is 0 Å². The number of hydrogen-bond acceptors (Lipinski definition) is 11. The van der Waals surface area contributed by atoms with E-state index in [1.54, 1.807) is 30.1 Å². The first kappa shape index (κ1) is 21.7. The fourth-order valence-electron chi connectivity index (χ4n) is 3.60. The third-order valence-corrected chi connectivity index (χ3v) is 7.55. The van der Waals surface area contributed by atoms with E-state index in [1.807, 2.05) is 7.05 Å². The zero-order valence-electron chi connectivity index (χ0n) is 16.8. The molecule has 0 unspecified atom stereocenters. The van der Waals surface area contributed by atoms with E-state index in [2.05, 4.69) is 25.4 Å². The highest BCUT2D eigenvalue weighted by atomic mass is 35.5. The number of halogens is 2. The van der Waals surface area contributed by atoms with Gasteiger partial charge in [-0.1, -0.05) is 34.5 Å². The second-order valence-corrected chi connectivity index (χ2v) is 9.99. The highest BCUT2D eigenvalue weighted by Gasteiger charge is 2.35. The summed E-state index contributed by atoms with van der Waals surface area (Å²) >= 11 is 14.8. The van der Waals surface area contributed by atoms with Gasteiger partial charge in [0.05, 0.1) is 44.3 Å². The van der Waals surface area contributed by atoms with Crippen molar-refractivity contribution in [2.24, 2.45) is 0 Å². The maximum absolute atomic E-state index is 9.78. The van der Waals surface area contributed by atoms with Gasteiger partial charge in [-0.2, -0.15) is 0 Å². The van der Waals surface area contributed by atoms with E-state index in [0.29, 0.717) is 41.8 Å². The molecular formula is C18H16Cl2N8O2S2. The molecule has 14 heteroatoms. The molecule has 2 atom stereocenters. The number of tetrazole rings is 1. The number of aromatic hydroxyl groups is 1. The Hall–Kier alpha value is -2.09. The lowest BCUT2D eigenvalue weighted by Gasteiger charge is -2.17. The first-order chi connectivity index (χ1) is 15.4. The summed E-state index contributed by atoms with van der Waals surface area (Å²) in [6, 6.07) is 3.28. The Morgan fingerprint density at radius 1 is 1.19 bits per heavy atom. The van der Waals surface area contributed by atoms with E-state index < -0.39 is 0 Å². The maximum atomic E-state index is 9.78. The third-order valence-electron chi connectivity index (χ3n) is 5.09. The smallest absolute Gasteiger partial charge is 0.271 e. The highest BCUT2D eigenvalue weighted by molar-refractivity contribution is 7.99. The number of nitrogens with zero attached hydrogens (tertiary/aromatic N) is 8. The molecule has 0 aliphatic carbocycles. The van der Waals surface area contributed by atoms with Crippen LogP contribution in [0.4, 0.5) is 0 Å². The minimum Gasteiger partial charge on any atom is -0.486 e. The molecule has 1 saturated heterocycles. The third kappa shape index (κ3) is 4.02. The quantitative estimate of drug-likeness (QED) is 0.428. The number of ether oxygens (including phenoxy) is 1. The molecule has 0 spiro atoms. The molecule has 1 fully saturated rings. The van der Waals surface area contributed by atoms with E-state index in [9.17, 15) is 5.11 Å². The van der Waals surface area contributed by atoms with E-state index in [4.69, 9.17) is 37.9 Å². The molecule has 1 aromatic carbocycles. The standard InChI is InChI=1S/C18H16Cl2N8O2S2/c1-27-6-12(13(7-27)30-2)28-17(24-25-26-28)32-16-15(14-5-21-18(29)31-14)22-10-3-8(19)9(20)4-11(10)23-16/h3-5,12-13H,6-7H2,1-2H3,(H,21,29)/t12-,13-/m0/s1. The summed E-state index contributed by atoms with van der Waals surface area (Å²) in [6.07, 6.45) is 1.51. The van der Waals surface area contributed by atoms with Crippen LogP contribution in [-0.2, 0) is 4.74 Å². The number of fused-ring (bicyclic) bond motifs is 1. The zero-order valence-corrected chi connectivity index (χ0v) is 20.0. The van der Waals surface area contributed by atoms with E-state index in [0.717, 1.165) is 24.4 Å². The molecule has 0 bridgehead atoms. The second-order valence-electron chi connectivity index (χ2n) is 7.21. The van der Waals surface area contributed by atoms with Crippen molar-refractivity contribution in [3.63, 3.8) is 0 Å². The summed E-state index contributed by atoms with van der Waals surface area (Å²) in [6.45, 7) is 1.54. The maximum Gasteiger partial charge on any atom is 0.271 e. The van der Waals surface area contributed by atoms with Gasteiger partial charge < -0.3 is 14.7 Å². The van der Waals surface area contributed by atoms with Crippen molar-refractivity contribution < 1.29 is 9.84 Å². The van der Waals surface area contributed by atoms with E-state index in [1.165, 1.54) is 11.8 Å². The van der Waals surface area contributed by atoms with Crippen LogP contribution >= 0.6 is 46.3 Å². The lowest BCUT2D eigenvalue weighted by Crippen LogP contribution is -2.25. The summed E-state index contributed by atoms with van der Waals surface area (Å²) in [5, 5.41) is 23.9. The van der Waals surface area contributed by atoms with Gasteiger partial charge in [0.2, 0.25) is 5.16 Å². The Bertz CT molecular complexity index is 1300. The molecule has 166 valence electrons. The Morgan fingerprint density at radius 3 is 2.62 bits per heavy atom. The van der Waals surface area contributed by atoms with Gasteiger partial charge in [-0.05, 0) is 41.4 Å². The molecular weight excluding hydrogens is 495 g/mol. The van der Waals surface area contributed by atoms with Crippen LogP contribution in [0.3, 0.4) is 0 Å².